The van der Waals surface area contributed by atoms with Crippen molar-refractivity contribution in [2.75, 3.05) is 5.32 Å². The minimum atomic E-state index is -0.922. The Kier molecular flexibility index (Phi) is 4.57. The highest BCUT2D eigenvalue weighted by Gasteiger charge is 2.43. The van der Waals surface area contributed by atoms with Gasteiger partial charge in [0.15, 0.2) is 0 Å². The number of aromatic carboxylic acids is 1. The lowest BCUT2D eigenvalue weighted by Crippen LogP contribution is -2.45. The van der Waals surface area contributed by atoms with Gasteiger partial charge in [0.1, 0.15) is 0 Å². The molecular formula is C22H27NO3. The fraction of sp³-hybridized carbons (Fsp3) is 0.409. The van der Waals surface area contributed by atoms with E-state index in [-0.39, 0.29) is 22.5 Å². The van der Waals surface area contributed by atoms with Gasteiger partial charge < -0.3 is 15.5 Å². The van der Waals surface area contributed by atoms with Crippen LogP contribution < -0.4 is 5.32 Å². The van der Waals surface area contributed by atoms with Crippen LogP contribution in [0.2, 0.25) is 0 Å². The summed E-state index contributed by atoms with van der Waals surface area (Å²) in [7, 11) is 0. The Morgan fingerprint density at radius 3 is 2.35 bits per heavy atom. The first kappa shape index (κ1) is 18.5. The molecule has 1 unspecified atom stereocenters. The smallest absolute Gasteiger partial charge is 0.335 e. The highest BCUT2D eigenvalue weighted by Crippen LogP contribution is 2.46. The maximum atomic E-state index is 10.9. The quantitative estimate of drug-likeness (QED) is 0.766. The van der Waals surface area contributed by atoms with Gasteiger partial charge in [0.05, 0.1) is 11.7 Å². The molecule has 138 valence electrons. The van der Waals surface area contributed by atoms with Crippen molar-refractivity contribution in [1.29, 1.82) is 0 Å². The van der Waals surface area contributed by atoms with E-state index in [0.717, 1.165) is 17.7 Å². The van der Waals surface area contributed by atoms with Crippen molar-refractivity contribution in [3.8, 4) is 0 Å². The number of rotatable bonds is 4. The predicted octanol–water partition coefficient (Wildman–Crippen LogP) is 4.32. The van der Waals surface area contributed by atoms with Gasteiger partial charge in [-0.2, -0.15) is 0 Å². The SMILES string of the molecule is CC1(C)CC(O)C(C)(C)c2cc(CNc3ccc(C(=O)O)cc3)ccc21. The number of anilines is 1. The van der Waals surface area contributed by atoms with Crippen molar-refractivity contribution in [3.63, 3.8) is 0 Å². The van der Waals surface area contributed by atoms with Crippen LogP contribution in [0, 0.1) is 0 Å². The van der Waals surface area contributed by atoms with Gasteiger partial charge in [-0.25, -0.2) is 4.79 Å². The molecule has 0 amide bonds. The number of hydrogen-bond acceptors (Lipinski definition) is 3. The molecule has 0 aromatic heterocycles. The Labute approximate surface area is 154 Å². The monoisotopic (exact) mass is 353 g/mol. The lowest BCUT2D eigenvalue weighted by molar-refractivity contribution is 0.0582. The molecule has 1 aliphatic carbocycles. The topological polar surface area (TPSA) is 69.6 Å². The first-order valence-electron chi connectivity index (χ1n) is 9.00. The van der Waals surface area contributed by atoms with Crippen molar-refractivity contribution in [2.24, 2.45) is 0 Å². The van der Waals surface area contributed by atoms with Gasteiger partial charge in [-0.1, -0.05) is 45.9 Å². The zero-order valence-corrected chi connectivity index (χ0v) is 15.8. The average Bonchev–Trinajstić information content (AvgIpc) is 2.58. The van der Waals surface area contributed by atoms with Crippen molar-refractivity contribution in [3.05, 3.63) is 64.7 Å². The molecule has 1 atom stereocenters. The fourth-order valence-electron chi connectivity index (χ4n) is 3.79. The highest BCUT2D eigenvalue weighted by molar-refractivity contribution is 5.88. The molecule has 0 bridgehead atoms. The number of carboxylic acids is 1. The maximum absolute atomic E-state index is 10.9. The molecule has 2 aromatic rings. The van der Waals surface area contributed by atoms with Gasteiger partial charge in [0, 0.05) is 17.6 Å². The van der Waals surface area contributed by atoms with Crippen LogP contribution in [0.1, 0.15) is 61.2 Å². The van der Waals surface area contributed by atoms with Crippen LogP contribution in [0.25, 0.3) is 0 Å². The lowest BCUT2D eigenvalue weighted by atomic mass is 9.61. The summed E-state index contributed by atoms with van der Waals surface area (Å²) in [4.78, 5) is 10.9. The number of hydrogen-bond donors (Lipinski definition) is 3. The number of carboxylic acid groups (broad SMARTS) is 1. The molecule has 0 fully saturated rings. The van der Waals surface area contributed by atoms with E-state index in [9.17, 15) is 9.90 Å². The normalized spacial score (nSPS) is 20.3. The lowest BCUT2D eigenvalue weighted by Gasteiger charge is -2.45. The Bertz CT molecular complexity index is 822. The molecule has 4 nitrogen and oxygen atoms in total. The number of nitrogens with one attached hydrogen (secondary N) is 1. The second-order valence-electron chi connectivity index (χ2n) is 8.44. The number of benzene rings is 2. The van der Waals surface area contributed by atoms with Crippen LogP contribution in [0.4, 0.5) is 5.69 Å². The van der Waals surface area contributed by atoms with E-state index in [1.54, 1.807) is 24.3 Å². The van der Waals surface area contributed by atoms with Crippen LogP contribution in [-0.2, 0) is 17.4 Å². The Balaban J connectivity index is 1.82. The summed E-state index contributed by atoms with van der Waals surface area (Å²) in [6.07, 6.45) is 0.400. The van der Waals surface area contributed by atoms with E-state index in [2.05, 4.69) is 51.2 Å². The van der Waals surface area contributed by atoms with Crippen LogP contribution in [0.15, 0.2) is 42.5 Å². The first-order valence-corrected chi connectivity index (χ1v) is 9.00. The molecule has 0 saturated heterocycles. The van der Waals surface area contributed by atoms with E-state index in [0.29, 0.717) is 6.54 Å². The molecular weight excluding hydrogens is 326 g/mol. The summed E-state index contributed by atoms with van der Waals surface area (Å²) in [5.74, 6) is -0.922. The number of fused-ring (bicyclic) bond motifs is 1. The molecule has 2 aromatic carbocycles. The van der Waals surface area contributed by atoms with Crippen molar-refractivity contribution in [2.45, 2.75) is 57.6 Å². The van der Waals surface area contributed by atoms with Gasteiger partial charge in [-0.3, -0.25) is 0 Å². The van der Waals surface area contributed by atoms with Crippen LogP contribution in [0.3, 0.4) is 0 Å². The fourth-order valence-corrected chi connectivity index (χ4v) is 3.79. The van der Waals surface area contributed by atoms with Crippen molar-refractivity contribution >= 4 is 11.7 Å². The van der Waals surface area contributed by atoms with Crippen molar-refractivity contribution in [1.82, 2.24) is 0 Å². The maximum Gasteiger partial charge on any atom is 0.335 e. The predicted molar refractivity (Wildman–Crippen MR) is 104 cm³/mol. The summed E-state index contributed by atoms with van der Waals surface area (Å²) < 4.78 is 0. The molecule has 3 rings (SSSR count). The Morgan fingerprint density at radius 1 is 1.08 bits per heavy atom. The number of carbonyl (C=O) groups is 1. The Hall–Kier alpha value is -2.33. The number of aliphatic hydroxyl groups excluding tert-OH is 1. The minimum Gasteiger partial charge on any atom is -0.478 e. The van der Waals surface area contributed by atoms with E-state index in [4.69, 9.17) is 5.11 Å². The second kappa shape index (κ2) is 6.44. The van der Waals surface area contributed by atoms with E-state index < -0.39 is 5.97 Å². The molecule has 0 spiro atoms. The summed E-state index contributed by atoms with van der Waals surface area (Å²) in [5.41, 5.74) is 4.51. The van der Waals surface area contributed by atoms with E-state index in [1.807, 2.05) is 0 Å². The van der Waals surface area contributed by atoms with Crippen molar-refractivity contribution < 1.29 is 15.0 Å². The third kappa shape index (κ3) is 3.34. The standard InChI is InChI=1S/C22H27NO3/c1-21(2)12-19(24)22(3,4)18-11-14(5-10-17(18)21)13-23-16-8-6-15(7-9-16)20(25)26/h5-11,19,23-24H,12-13H2,1-4H3,(H,25,26). The van der Waals surface area contributed by atoms with Gasteiger partial charge in [0.25, 0.3) is 0 Å². The molecule has 0 radical (unpaired) electrons. The van der Waals surface area contributed by atoms with Crippen LogP contribution >= 0.6 is 0 Å². The summed E-state index contributed by atoms with van der Waals surface area (Å²) in [6, 6.07) is 13.3. The van der Waals surface area contributed by atoms with E-state index >= 15 is 0 Å². The molecule has 0 aliphatic heterocycles. The minimum absolute atomic E-state index is 0.0388. The van der Waals surface area contributed by atoms with Gasteiger partial charge >= 0.3 is 5.97 Å². The first-order chi connectivity index (χ1) is 12.1. The zero-order valence-electron chi connectivity index (χ0n) is 15.8. The van der Waals surface area contributed by atoms with Gasteiger partial charge in [-0.05, 0) is 52.8 Å². The summed E-state index contributed by atoms with van der Waals surface area (Å²) in [5, 5.41) is 22.9. The molecule has 1 aliphatic rings. The highest BCUT2D eigenvalue weighted by atomic mass is 16.4. The van der Waals surface area contributed by atoms with Crippen LogP contribution in [-0.4, -0.2) is 22.3 Å². The van der Waals surface area contributed by atoms with Crippen LogP contribution in [0.5, 0.6) is 0 Å². The molecule has 0 heterocycles. The second-order valence-corrected chi connectivity index (χ2v) is 8.44. The third-order valence-electron chi connectivity index (χ3n) is 5.67. The Morgan fingerprint density at radius 2 is 1.73 bits per heavy atom. The molecule has 4 heteroatoms. The number of aliphatic hydroxyl groups is 1. The van der Waals surface area contributed by atoms with Gasteiger partial charge in [0.2, 0.25) is 0 Å². The van der Waals surface area contributed by atoms with Gasteiger partial charge in [-0.15, -0.1) is 0 Å². The molecule has 0 saturated carbocycles. The average molecular weight is 353 g/mol. The third-order valence-corrected chi connectivity index (χ3v) is 5.67. The summed E-state index contributed by atoms with van der Waals surface area (Å²) >= 11 is 0. The molecule has 3 N–H and O–H groups in total. The zero-order chi connectivity index (χ0) is 19.1. The molecule has 26 heavy (non-hydrogen) atoms. The summed E-state index contributed by atoms with van der Waals surface area (Å²) in [6.45, 7) is 9.23. The van der Waals surface area contributed by atoms with E-state index in [1.165, 1.54) is 11.1 Å². The largest absolute Gasteiger partial charge is 0.478 e.